The molecule has 10 nitrogen and oxygen atoms in total. The average Bonchev–Trinajstić information content (AvgIpc) is 4.04. The van der Waals surface area contributed by atoms with Crippen LogP contribution in [0.3, 0.4) is 0 Å². The van der Waals surface area contributed by atoms with Crippen LogP contribution in [-0.4, -0.2) is 102 Å². The van der Waals surface area contributed by atoms with Crippen LogP contribution in [0.4, 0.5) is 0 Å². The van der Waals surface area contributed by atoms with E-state index in [1.165, 1.54) is 17.5 Å². The number of halogens is 1. The van der Waals surface area contributed by atoms with Gasteiger partial charge in [0, 0.05) is 53.6 Å². The summed E-state index contributed by atoms with van der Waals surface area (Å²) >= 11 is 6.63. The highest BCUT2D eigenvalue weighted by Crippen LogP contribution is 2.55. The van der Waals surface area contributed by atoms with Gasteiger partial charge in [-0.25, -0.2) is 0 Å². The number of rotatable bonds is 18. The van der Waals surface area contributed by atoms with Crippen molar-refractivity contribution in [1.29, 1.82) is 0 Å². The van der Waals surface area contributed by atoms with Crippen LogP contribution in [0.15, 0.2) is 65.8 Å². The van der Waals surface area contributed by atoms with E-state index in [1.807, 2.05) is 36.7 Å². The molecule has 0 radical (unpaired) electrons. The van der Waals surface area contributed by atoms with Crippen molar-refractivity contribution in [3.8, 4) is 16.9 Å². The lowest BCUT2D eigenvalue weighted by molar-refractivity contribution is -0.138. The fraction of sp³-hybridized carbons (Fsp3) is 0.500. The van der Waals surface area contributed by atoms with Crippen LogP contribution in [-0.2, 0) is 27.4 Å². The van der Waals surface area contributed by atoms with E-state index in [4.69, 9.17) is 21.4 Å². The molecule has 0 spiro atoms. The van der Waals surface area contributed by atoms with Crippen molar-refractivity contribution in [2.24, 2.45) is 0 Å². The number of para-hydroxylation sites is 1. The summed E-state index contributed by atoms with van der Waals surface area (Å²) in [4.78, 5) is 19.0. The number of aliphatic hydroxyl groups excluding tert-OH is 5. The molecule has 2 aromatic carbocycles. The molecule has 2 aliphatic carbocycles. The molecule has 5 rings (SSSR count). The van der Waals surface area contributed by atoms with E-state index in [9.17, 15) is 29.4 Å². The van der Waals surface area contributed by atoms with Crippen molar-refractivity contribution in [3.05, 3.63) is 77.1 Å². The van der Waals surface area contributed by atoms with Gasteiger partial charge in [0.1, 0.15) is 30.2 Å². The van der Waals surface area contributed by atoms with Crippen LogP contribution in [0.1, 0.15) is 56.1 Å². The highest BCUT2D eigenvalue weighted by Gasteiger charge is 2.45. The maximum atomic E-state index is 13.2. The normalized spacial score (nSPS) is 18.4. The predicted octanol–water partition coefficient (Wildman–Crippen LogP) is 3.39. The highest BCUT2D eigenvalue weighted by atomic mass is 35.5. The second-order valence-electron chi connectivity index (χ2n) is 13.0. The van der Waals surface area contributed by atoms with Crippen LogP contribution < -0.4 is 4.74 Å². The van der Waals surface area contributed by atoms with Crippen LogP contribution in [0.25, 0.3) is 11.1 Å². The van der Waals surface area contributed by atoms with E-state index in [2.05, 4.69) is 17.1 Å². The summed E-state index contributed by atoms with van der Waals surface area (Å²) in [7, 11) is 0.0761. The Kier molecular flexibility index (Phi) is 12.3. The molecule has 1 amide bonds. The molecule has 5 N–H and O–H groups in total. The van der Waals surface area contributed by atoms with Crippen molar-refractivity contribution in [3.63, 3.8) is 0 Å². The van der Waals surface area contributed by atoms with Gasteiger partial charge in [-0.15, -0.1) is 0 Å². The van der Waals surface area contributed by atoms with Crippen LogP contribution in [0.2, 0.25) is 5.02 Å². The van der Waals surface area contributed by atoms with E-state index in [0.717, 1.165) is 54.5 Å². The topological polar surface area (TPSA) is 161 Å². The quantitative estimate of drug-likeness (QED) is 0.134. The van der Waals surface area contributed by atoms with E-state index < -0.39 is 41.8 Å². The number of pyridine rings is 1. The van der Waals surface area contributed by atoms with Gasteiger partial charge < -0.3 is 35.2 Å². The van der Waals surface area contributed by atoms with Gasteiger partial charge >= 0.3 is 0 Å². The van der Waals surface area contributed by atoms with Crippen molar-refractivity contribution in [1.82, 2.24) is 9.88 Å². The van der Waals surface area contributed by atoms with Crippen LogP contribution in [0.5, 0.6) is 5.75 Å². The van der Waals surface area contributed by atoms with E-state index in [0.29, 0.717) is 28.9 Å². The first-order valence-corrected chi connectivity index (χ1v) is 18.2. The summed E-state index contributed by atoms with van der Waals surface area (Å²) < 4.78 is 19.5. The SMILES string of the molecule is CN(C[C@H](O)[C@@H](O)[C@H](O)[C@H](O)CO)C(=O)CCCS(=O)c1ccc(Cl)c(CCC2(c3cnccc3-c3ccccc3OC3CC3)CC2)c1. The van der Waals surface area contributed by atoms with Gasteiger partial charge in [0.2, 0.25) is 5.91 Å². The van der Waals surface area contributed by atoms with Gasteiger partial charge in [-0.2, -0.15) is 0 Å². The Bertz CT molecular complexity index is 1580. The van der Waals surface area contributed by atoms with Gasteiger partial charge in [-0.05, 0) is 97.4 Å². The van der Waals surface area contributed by atoms with Crippen molar-refractivity contribution < 1.29 is 39.3 Å². The van der Waals surface area contributed by atoms with Crippen molar-refractivity contribution in [2.45, 2.75) is 92.2 Å². The molecule has 1 unspecified atom stereocenters. The van der Waals surface area contributed by atoms with Gasteiger partial charge in [-0.3, -0.25) is 14.0 Å². The molecule has 0 aliphatic heterocycles. The molecule has 1 heterocycles. The molecular formula is C36H45ClN2O8S. The number of aromatic nitrogens is 1. The van der Waals surface area contributed by atoms with Crippen LogP contribution in [0, 0.1) is 0 Å². The smallest absolute Gasteiger partial charge is 0.222 e. The number of benzene rings is 2. The molecule has 2 saturated carbocycles. The fourth-order valence-corrected chi connectivity index (χ4v) is 7.34. The Hall–Kier alpha value is -2.90. The summed E-state index contributed by atoms with van der Waals surface area (Å²) in [6.45, 7) is -1.08. The van der Waals surface area contributed by atoms with Crippen LogP contribution >= 0.6 is 11.6 Å². The molecule has 12 heteroatoms. The fourth-order valence-electron chi connectivity index (χ4n) is 5.99. The zero-order chi connectivity index (χ0) is 34.4. The van der Waals surface area contributed by atoms with E-state index >= 15 is 0 Å². The summed E-state index contributed by atoms with van der Waals surface area (Å²) in [5.74, 6) is 0.818. The lowest BCUT2D eigenvalue weighted by atomic mass is 9.85. The van der Waals surface area contributed by atoms with E-state index in [-0.39, 0.29) is 30.0 Å². The zero-order valence-corrected chi connectivity index (χ0v) is 28.7. The number of ether oxygens (including phenoxy) is 1. The summed E-state index contributed by atoms with van der Waals surface area (Å²) in [5.41, 5.74) is 4.33. The Morgan fingerprint density at radius 1 is 1.06 bits per heavy atom. The minimum Gasteiger partial charge on any atom is -0.490 e. The molecule has 5 atom stereocenters. The maximum absolute atomic E-state index is 13.2. The third kappa shape index (κ3) is 9.01. The summed E-state index contributed by atoms with van der Waals surface area (Å²) in [6.07, 6.45) is 3.67. The Morgan fingerprint density at radius 2 is 1.79 bits per heavy atom. The Labute approximate surface area is 288 Å². The third-order valence-corrected chi connectivity index (χ3v) is 11.1. The minimum absolute atomic E-state index is 0.0263. The first kappa shape index (κ1) is 36.4. The lowest BCUT2D eigenvalue weighted by Gasteiger charge is -2.28. The monoisotopic (exact) mass is 700 g/mol. The number of carbonyl (C=O) groups excluding carboxylic acids is 1. The Morgan fingerprint density at radius 3 is 2.50 bits per heavy atom. The maximum Gasteiger partial charge on any atom is 0.222 e. The standard InChI is InChI=1S/C36H45ClN2O8S/c1-39(21-30(41)34(44)35(45)31(42)22-40)33(43)7-4-18-48(46)25-10-11-29(37)23(19-25)12-14-36(15-16-36)28-20-38-17-13-26(28)27-5-2-3-6-32(27)47-24-8-9-24/h2-3,5-6,10-11,13,17,19-20,24,30-31,34-35,40-42,44-45H,4,7-9,12,14-16,18,21-22H2,1H3/t30-,31+,34+,35+,48?/m0/s1. The van der Waals surface area contributed by atoms with Gasteiger partial charge in [-0.1, -0.05) is 29.8 Å². The van der Waals surface area contributed by atoms with E-state index in [1.54, 1.807) is 12.1 Å². The number of likely N-dealkylation sites (N-methyl/N-ethyl adjacent to an activating group) is 1. The molecule has 0 bridgehead atoms. The largest absolute Gasteiger partial charge is 0.490 e. The number of carbonyl (C=O) groups is 1. The molecule has 0 saturated heterocycles. The minimum atomic E-state index is -1.77. The lowest BCUT2D eigenvalue weighted by Crippen LogP contribution is -2.49. The second kappa shape index (κ2) is 16.2. The third-order valence-electron chi connectivity index (χ3n) is 9.33. The highest BCUT2D eigenvalue weighted by molar-refractivity contribution is 7.85. The summed E-state index contributed by atoms with van der Waals surface area (Å²) in [5, 5.41) is 49.0. The molecule has 2 aliphatic rings. The number of nitrogens with zero attached hydrogens (tertiary/aromatic N) is 2. The van der Waals surface area contributed by atoms with Gasteiger partial charge in [0.25, 0.3) is 0 Å². The Balaban J connectivity index is 1.16. The first-order valence-electron chi connectivity index (χ1n) is 16.5. The van der Waals surface area contributed by atoms with Crippen molar-refractivity contribution >= 4 is 28.3 Å². The zero-order valence-electron chi connectivity index (χ0n) is 27.1. The number of aliphatic hydroxyl groups is 5. The molecule has 260 valence electrons. The first-order chi connectivity index (χ1) is 23.0. The molecule has 48 heavy (non-hydrogen) atoms. The molecule has 2 fully saturated rings. The number of aryl methyl sites for hydroxylation is 1. The van der Waals surface area contributed by atoms with Crippen molar-refractivity contribution in [2.75, 3.05) is 26.0 Å². The molecule has 3 aromatic rings. The second-order valence-corrected chi connectivity index (χ2v) is 15.0. The average molecular weight is 701 g/mol. The number of amides is 1. The number of hydrogen-bond acceptors (Lipinski definition) is 9. The van der Waals surface area contributed by atoms with Gasteiger partial charge in [0.15, 0.2) is 0 Å². The number of hydrogen-bond donors (Lipinski definition) is 5. The summed E-state index contributed by atoms with van der Waals surface area (Å²) in [6, 6.07) is 15.7. The molecule has 1 aromatic heterocycles. The van der Waals surface area contributed by atoms with Gasteiger partial charge in [0.05, 0.1) is 23.5 Å². The molecular weight excluding hydrogens is 656 g/mol. The predicted molar refractivity (Wildman–Crippen MR) is 183 cm³/mol.